The van der Waals surface area contributed by atoms with Gasteiger partial charge in [0.05, 0.1) is 41.0 Å². The summed E-state index contributed by atoms with van der Waals surface area (Å²) in [6.45, 7) is 5.33. The van der Waals surface area contributed by atoms with Crippen LogP contribution in [0.1, 0.15) is 127 Å². The van der Waals surface area contributed by atoms with E-state index >= 15 is 8.78 Å². The van der Waals surface area contributed by atoms with Gasteiger partial charge in [-0.1, -0.05) is 49.6 Å². The van der Waals surface area contributed by atoms with Crippen LogP contribution in [0.4, 0.5) is 8.78 Å². The predicted molar refractivity (Wildman–Crippen MR) is 270 cm³/mol. The lowest BCUT2D eigenvalue weighted by atomic mass is 9.83. The van der Waals surface area contributed by atoms with E-state index in [0.29, 0.717) is 93.7 Å². The van der Waals surface area contributed by atoms with Gasteiger partial charge in [0.2, 0.25) is 17.7 Å². The number of fused-ring (bicyclic) bond motifs is 1. The zero-order valence-electron chi connectivity index (χ0n) is 41.7. The van der Waals surface area contributed by atoms with Crippen molar-refractivity contribution in [3.05, 3.63) is 111 Å². The molecule has 0 bridgehead atoms. The number of rotatable bonds is 13. The number of piperazine rings is 1. The van der Waals surface area contributed by atoms with Crippen LogP contribution in [0.25, 0.3) is 10.8 Å². The highest BCUT2D eigenvalue weighted by atomic mass is 19.1. The Morgan fingerprint density at radius 3 is 2.00 bits per heavy atom. The second kappa shape index (κ2) is 22.6. The van der Waals surface area contributed by atoms with E-state index in [-0.39, 0.29) is 84.0 Å². The first kappa shape index (κ1) is 50.5. The van der Waals surface area contributed by atoms with E-state index in [4.69, 9.17) is 4.74 Å². The maximum atomic E-state index is 15.7. The number of nitrogens with one attached hydrogen (secondary N) is 2. The third kappa shape index (κ3) is 11.8. The quantitative estimate of drug-likeness (QED) is 0.162. The first-order chi connectivity index (χ1) is 35.4. The number of carbonyl (C=O) groups is 5. The molecule has 1 aromatic heterocycles. The van der Waals surface area contributed by atoms with Crippen LogP contribution in [0.3, 0.4) is 0 Å². The molecule has 15 nitrogen and oxygen atoms in total. The number of hydrogen-bond donors (Lipinski definition) is 2. The van der Waals surface area contributed by atoms with E-state index in [0.717, 1.165) is 76.2 Å². The fourth-order valence-electron chi connectivity index (χ4n) is 11.9. The van der Waals surface area contributed by atoms with E-state index in [1.807, 2.05) is 28.0 Å². The molecule has 0 spiro atoms. The Labute approximate surface area is 425 Å². The topological polar surface area (TPSA) is 169 Å². The SMILES string of the molecule is O=C(N[C@@H](C(=O)N1CCC(OC2CCN(CC(=O)N3CCN(C(=O)c4cc(Cc5n[nH]c(=O)c6ccccc56)ccc4F)CC3)CC2)CC1)C1CCCCC1)c1ccc(C2CCN(C(=O)C3CC3)CC2)cc1F. The Bertz CT molecular complexity index is 2730. The number of aromatic nitrogens is 2. The highest BCUT2D eigenvalue weighted by Crippen LogP contribution is 2.35. The summed E-state index contributed by atoms with van der Waals surface area (Å²) in [7, 11) is 0. The van der Waals surface area contributed by atoms with Gasteiger partial charge in [-0.15, -0.1) is 0 Å². The molecule has 2 N–H and O–H groups in total. The number of likely N-dealkylation sites (tertiary alicyclic amines) is 3. The lowest BCUT2D eigenvalue weighted by Crippen LogP contribution is -2.55. The molecule has 5 heterocycles. The van der Waals surface area contributed by atoms with Gasteiger partial charge in [-0.3, -0.25) is 33.7 Å². The Kier molecular flexibility index (Phi) is 15.6. The van der Waals surface area contributed by atoms with Gasteiger partial charge in [-0.2, -0.15) is 5.10 Å². The number of piperidine rings is 3. The monoisotopic (exact) mass is 1000 g/mol. The number of nitrogens with zero attached hydrogens (tertiary/aromatic N) is 6. The smallest absolute Gasteiger partial charge is 0.272 e. The highest BCUT2D eigenvalue weighted by molar-refractivity contribution is 5.98. The first-order valence-electron chi connectivity index (χ1n) is 26.8. The van der Waals surface area contributed by atoms with Gasteiger partial charge in [-0.05, 0) is 118 Å². The zero-order chi connectivity index (χ0) is 50.6. The van der Waals surface area contributed by atoms with Crippen molar-refractivity contribution in [1.82, 2.24) is 40.0 Å². The molecule has 6 aliphatic rings. The molecule has 4 saturated heterocycles. The lowest BCUT2D eigenvalue weighted by molar-refractivity contribution is -0.140. The van der Waals surface area contributed by atoms with Crippen LogP contribution in [0.2, 0.25) is 0 Å². The molecule has 1 atom stereocenters. The first-order valence-corrected chi connectivity index (χ1v) is 26.8. The van der Waals surface area contributed by atoms with Crippen molar-refractivity contribution in [2.45, 2.75) is 114 Å². The second-order valence-electron chi connectivity index (χ2n) is 21.3. The zero-order valence-corrected chi connectivity index (χ0v) is 41.7. The molecular weight excluding hydrogens is 935 g/mol. The molecule has 4 aromatic rings. The van der Waals surface area contributed by atoms with Crippen LogP contribution < -0.4 is 10.9 Å². The molecule has 5 amide bonds. The third-order valence-corrected chi connectivity index (χ3v) is 16.5. The van der Waals surface area contributed by atoms with Crippen molar-refractivity contribution in [1.29, 1.82) is 0 Å². The Balaban J connectivity index is 0.652. The van der Waals surface area contributed by atoms with Crippen molar-refractivity contribution < 1.29 is 37.5 Å². The Morgan fingerprint density at radius 1 is 0.658 bits per heavy atom. The second-order valence-corrected chi connectivity index (χ2v) is 21.3. The molecule has 10 rings (SSSR count). The van der Waals surface area contributed by atoms with Gasteiger partial charge in [0.15, 0.2) is 0 Å². The number of benzene rings is 3. The minimum atomic E-state index is -0.731. The molecular formula is C56H68F2N8O7. The summed E-state index contributed by atoms with van der Waals surface area (Å²) in [5.41, 5.74) is 1.75. The normalized spacial score (nSPS) is 20.6. The number of amides is 5. The van der Waals surface area contributed by atoms with E-state index in [2.05, 4.69) is 20.4 Å². The molecule has 2 saturated carbocycles. The van der Waals surface area contributed by atoms with Crippen molar-refractivity contribution in [3.63, 3.8) is 0 Å². The largest absolute Gasteiger partial charge is 0.375 e. The number of H-pyrrole nitrogens is 1. The molecule has 4 aliphatic heterocycles. The van der Waals surface area contributed by atoms with Crippen molar-refractivity contribution in [3.8, 4) is 0 Å². The van der Waals surface area contributed by atoms with Crippen LogP contribution in [0.5, 0.6) is 0 Å². The van der Waals surface area contributed by atoms with Crippen molar-refractivity contribution in [2.75, 3.05) is 72.0 Å². The predicted octanol–water partition coefficient (Wildman–Crippen LogP) is 6.04. The average Bonchev–Trinajstić information content (AvgIpc) is 4.28. The molecule has 2 aliphatic carbocycles. The number of carbonyl (C=O) groups excluding carboxylic acids is 5. The summed E-state index contributed by atoms with van der Waals surface area (Å²) < 4.78 is 37.4. The lowest BCUT2D eigenvalue weighted by Gasteiger charge is -2.40. The molecule has 73 heavy (non-hydrogen) atoms. The average molecular weight is 1000 g/mol. The molecule has 388 valence electrons. The molecule has 6 fully saturated rings. The number of ether oxygens (including phenoxy) is 1. The fraction of sp³-hybridized carbons (Fsp3) is 0.554. The van der Waals surface area contributed by atoms with Crippen molar-refractivity contribution in [2.24, 2.45) is 11.8 Å². The minimum absolute atomic E-state index is 0.00592. The fourth-order valence-corrected chi connectivity index (χ4v) is 11.9. The van der Waals surface area contributed by atoms with Gasteiger partial charge in [0.1, 0.15) is 17.7 Å². The van der Waals surface area contributed by atoms with Gasteiger partial charge >= 0.3 is 0 Å². The maximum absolute atomic E-state index is 15.7. The van der Waals surface area contributed by atoms with Crippen LogP contribution in [0, 0.1) is 23.5 Å². The Hall–Kier alpha value is -6.07. The van der Waals surface area contributed by atoms with Gasteiger partial charge in [0.25, 0.3) is 17.4 Å². The van der Waals surface area contributed by atoms with E-state index < -0.39 is 29.5 Å². The van der Waals surface area contributed by atoms with Crippen molar-refractivity contribution >= 4 is 40.3 Å². The summed E-state index contributed by atoms with van der Waals surface area (Å²) in [5.74, 6) is -1.78. The van der Waals surface area contributed by atoms with Crippen LogP contribution >= 0.6 is 0 Å². The number of halogens is 2. The summed E-state index contributed by atoms with van der Waals surface area (Å²) in [6, 6.07) is 15.7. The number of aromatic amines is 1. The van der Waals surface area contributed by atoms with Crippen LogP contribution in [0.15, 0.2) is 65.5 Å². The highest BCUT2D eigenvalue weighted by Gasteiger charge is 2.38. The summed E-state index contributed by atoms with van der Waals surface area (Å²) in [4.78, 5) is 89.2. The summed E-state index contributed by atoms with van der Waals surface area (Å²) in [6.07, 6.45) is 11.5. The molecule has 0 unspecified atom stereocenters. The van der Waals surface area contributed by atoms with Gasteiger partial charge in [-0.25, -0.2) is 13.9 Å². The third-order valence-electron chi connectivity index (χ3n) is 16.5. The summed E-state index contributed by atoms with van der Waals surface area (Å²) in [5, 5.41) is 11.0. The van der Waals surface area contributed by atoms with E-state index in [1.54, 1.807) is 40.1 Å². The Morgan fingerprint density at radius 2 is 1.32 bits per heavy atom. The molecule has 0 radical (unpaired) electrons. The standard InChI is InChI=1S/C56H68F2N8O7/c57-47-15-10-36(33-49-43-8-4-5-9-44(43)53(69)61-60-49)32-46(47)55(71)66-30-28-63(29-31-66)50(67)35-62-22-18-41(19-23-62)73-42-20-26-65(27-21-42)56(72)51(38-6-2-1-3-7-38)59-52(68)45-14-13-40(34-48(45)58)37-16-24-64(25-17-37)54(70)39-11-12-39/h4-5,8-10,13-15,32,34,37-39,41-42,51H,1-3,6-7,11-12,16-31,33,35H2,(H,59,68)(H,61,69)/t51-/m1/s1. The maximum Gasteiger partial charge on any atom is 0.272 e. The van der Waals surface area contributed by atoms with Crippen LogP contribution in [-0.2, 0) is 25.5 Å². The van der Waals surface area contributed by atoms with Crippen LogP contribution in [-0.4, -0.2) is 154 Å². The summed E-state index contributed by atoms with van der Waals surface area (Å²) >= 11 is 0. The van der Waals surface area contributed by atoms with E-state index in [9.17, 15) is 28.8 Å². The molecule has 3 aromatic carbocycles. The van der Waals surface area contributed by atoms with Gasteiger partial charge in [0, 0.05) is 83.2 Å². The minimum Gasteiger partial charge on any atom is -0.375 e. The van der Waals surface area contributed by atoms with Gasteiger partial charge < -0.3 is 29.7 Å². The number of hydrogen-bond acceptors (Lipinski definition) is 9. The molecule has 17 heteroatoms. The van der Waals surface area contributed by atoms with E-state index in [1.165, 1.54) is 12.1 Å².